The van der Waals surface area contributed by atoms with Crippen molar-refractivity contribution in [2.24, 2.45) is 5.10 Å². The quantitative estimate of drug-likeness (QED) is 0.242. The van der Waals surface area contributed by atoms with Crippen LogP contribution in [0, 0.1) is 13.8 Å². The number of anilines is 1. The van der Waals surface area contributed by atoms with E-state index >= 15 is 0 Å². The lowest BCUT2D eigenvalue weighted by Crippen LogP contribution is -2.57. The zero-order valence-electron chi connectivity index (χ0n) is 19.5. The van der Waals surface area contributed by atoms with Crippen LogP contribution in [0.15, 0.2) is 53.6 Å². The van der Waals surface area contributed by atoms with Crippen LogP contribution in [0.1, 0.15) is 34.1 Å². The van der Waals surface area contributed by atoms with E-state index < -0.39 is 35.5 Å². The van der Waals surface area contributed by atoms with Crippen LogP contribution in [0.4, 0.5) is 36.4 Å². The molecule has 2 amide bonds. The van der Waals surface area contributed by atoms with Crippen LogP contribution < -0.4 is 10.7 Å². The fourth-order valence-corrected chi connectivity index (χ4v) is 3.27. The summed E-state index contributed by atoms with van der Waals surface area (Å²) in [6.45, 7) is 4.96. The first-order chi connectivity index (χ1) is 17.0. The first-order valence-electron chi connectivity index (χ1n) is 10.5. The monoisotopic (exact) mass is 528 g/mol. The molecule has 13 heteroatoms. The van der Waals surface area contributed by atoms with E-state index in [1.165, 1.54) is 24.4 Å². The van der Waals surface area contributed by atoms with Gasteiger partial charge in [0.2, 0.25) is 0 Å². The van der Waals surface area contributed by atoms with Crippen LogP contribution >= 0.6 is 0 Å². The van der Waals surface area contributed by atoms with Gasteiger partial charge in [0.15, 0.2) is 0 Å². The lowest BCUT2D eigenvalue weighted by molar-refractivity contribution is -0.343. The number of benzene rings is 2. The molecule has 2 aromatic carbocycles. The zero-order chi connectivity index (χ0) is 27.8. The van der Waals surface area contributed by atoms with Gasteiger partial charge in [-0.05, 0) is 56.7 Å². The molecule has 1 heterocycles. The number of hydrogen-bond donors (Lipinski definition) is 2. The van der Waals surface area contributed by atoms with E-state index in [1.54, 1.807) is 25.1 Å². The lowest BCUT2D eigenvalue weighted by atomic mass is 10.0. The summed E-state index contributed by atoms with van der Waals surface area (Å²) >= 11 is 0. The van der Waals surface area contributed by atoms with E-state index in [9.17, 15) is 40.3 Å². The Kier molecular flexibility index (Phi) is 7.29. The molecule has 0 saturated heterocycles. The first-order valence-corrected chi connectivity index (χ1v) is 10.5. The van der Waals surface area contributed by atoms with Crippen LogP contribution in [0.2, 0.25) is 0 Å². The highest BCUT2D eigenvalue weighted by atomic mass is 19.4. The number of rotatable bonds is 6. The molecule has 196 valence electrons. The third-order valence-electron chi connectivity index (χ3n) is 5.24. The van der Waals surface area contributed by atoms with Gasteiger partial charge in [-0.2, -0.15) is 35.8 Å². The summed E-state index contributed by atoms with van der Waals surface area (Å²) < 4.78 is 90.5. The summed E-state index contributed by atoms with van der Waals surface area (Å²) in [7, 11) is 0. The number of pyridine rings is 1. The second-order valence-corrected chi connectivity index (χ2v) is 8.15. The molecule has 0 atom stereocenters. The van der Waals surface area contributed by atoms with Gasteiger partial charge in [-0.1, -0.05) is 23.8 Å². The number of aromatic nitrogens is 1. The molecule has 2 N–H and O–H groups in total. The van der Waals surface area contributed by atoms with Gasteiger partial charge in [0, 0.05) is 16.8 Å². The number of alkyl halides is 7. The molecule has 0 radical (unpaired) electrons. The van der Waals surface area contributed by atoms with Crippen molar-refractivity contribution >= 4 is 34.1 Å². The number of carbonyl (C=O) groups excluding carboxylic acids is 2. The number of amides is 2. The van der Waals surface area contributed by atoms with Gasteiger partial charge in [-0.15, -0.1) is 0 Å². The minimum Gasteiger partial charge on any atom is -0.321 e. The van der Waals surface area contributed by atoms with Crippen molar-refractivity contribution < 1.29 is 40.3 Å². The molecule has 0 aliphatic carbocycles. The lowest BCUT2D eigenvalue weighted by Gasteiger charge is -2.27. The molecule has 3 aromatic rings. The van der Waals surface area contributed by atoms with E-state index in [0.29, 0.717) is 16.6 Å². The average molecular weight is 528 g/mol. The highest BCUT2D eigenvalue weighted by Gasteiger charge is 2.76. The second-order valence-electron chi connectivity index (χ2n) is 8.15. The maximum Gasteiger partial charge on any atom is 0.460 e. The molecule has 6 nitrogen and oxygen atoms in total. The van der Waals surface area contributed by atoms with E-state index in [-0.39, 0.29) is 16.8 Å². The number of nitrogens with one attached hydrogen (secondary N) is 2. The third-order valence-corrected chi connectivity index (χ3v) is 5.24. The van der Waals surface area contributed by atoms with Crippen molar-refractivity contribution in [3.05, 3.63) is 70.9 Å². The molecule has 0 fully saturated rings. The van der Waals surface area contributed by atoms with Gasteiger partial charge in [-0.3, -0.25) is 14.6 Å². The summed E-state index contributed by atoms with van der Waals surface area (Å²) in [5.41, 5.74) is 4.47. The summed E-state index contributed by atoms with van der Waals surface area (Å²) in [6, 6.07) is 11.6. The molecule has 0 aliphatic heterocycles. The SMILES string of the molecule is C/C(=N\NC(=O)c1cc(C)nc2ccc(C)cc12)c1cccc(NC(=O)C(F)(F)C(F)(F)C(F)(F)F)c1. The third kappa shape index (κ3) is 5.54. The van der Waals surface area contributed by atoms with Crippen LogP contribution in [0.5, 0.6) is 0 Å². The van der Waals surface area contributed by atoms with E-state index in [4.69, 9.17) is 0 Å². The number of nitrogens with zero attached hydrogens (tertiary/aromatic N) is 2. The largest absolute Gasteiger partial charge is 0.460 e. The van der Waals surface area contributed by atoms with Gasteiger partial charge in [0.25, 0.3) is 5.91 Å². The molecule has 0 spiro atoms. The van der Waals surface area contributed by atoms with Crippen LogP contribution in [0.25, 0.3) is 10.9 Å². The van der Waals surface area contributed by atoms with Crippen LogP contribution in [-0.4, -0.2) is 40.5 Å². The molecule has 0 aliphatic rings. The van der Waals surface area contributed by atoms with Gasteiger partial charge in [0.05, 0.1) is 16.8 Å². The fourth-order valence-electron chi connectivity index (χ4n) is 3.27. The maximum absolute atomic E-state index is 13.6. The number of hydrogen-bond acceptors (Lipinski definition) is 4. The summed E-state index contributed by atoms with van der Waals surface area (Å²) in [4.78, 5) is 28.8. The fraction of sp³-hybridized carbons (Fsp3) is 0.250. The van der Waals surface area contributed by atoms with Crippen molar-refractivity contribution in [3.63, 3.8) is 0 Å². The smallest absolute Gasteiger partial charge is 0.321 e. The molecular formula is C24H19F7N4O2. The van der Waals surface area contributed by atoms with Crippen LogP contribution in [-0.2, 0) is 4.79 Å². The summed E-state index contributed by atoms with van der Waals surface area (Å²) in [5.74, 6) is -16.1. The van der Waals surface area contributed by atoms with E-state index in [2.05, 4.69) is 15.5 Å². The maximum atomic E-state index is 13.6. The molecule has 37 heavy (non-hydrogen) atoms. The molecular weight excluding hydrogens is 509 g/mol. The van der Waals surface area contributed by atoms with Crippen molar-refractivity contribution in [3.8, 4) is 0 Å². The predicted octanol–water partition coefficient (Wildman–Crippen LogP) is 5.78. The molecule has 0 saturated carbocycles. The molecule has 0 unspecified atom stereocenters. The Bertz CT molecular complexity index is 1400. The molecule has 0 bridgehead atoms. The van der Waals surface area contributed by atoms with Gasteiger partial charge >= 0.3 is 23.9 Å². The Hall–Kier alpha value is -4.03. The van der Waals surface area contributed by atoms with Crippen LogP contribution in [0.3, 0.4) is 0 Å². The minimum absolute atomic E-state index is 0.114. The Morgan fingerprint density at radius 2 is 1.59 bits per heavy atom. The number of aryl methyl sites for hydroxylation is 2. The Balaban J connectivity index is 1.81. The standard InChI is InChI=1S/C24H19F7N4O2/c1-12-7-8-19-17(9-12)18(10-13(2)32-19)20(36)35-34-14(3)15-5-4-6-16(11-15)33-21(37)22(25,26)23(27,28)24(29,30)31/h4-11H,1-3H3,(H,33,37)(H,35,36)/b34-14+. The van der Waals surface area contributed by atoms with Gasteiger partial charge in [-0.25, -0.2) is 5.43 Å². The summed E-state index contributed by atoms with van der Waals surface area (Å²) in [6.07, 6.45) is -6.64. The zero-order valence-corrected chi connectivity index (χ0v) is 19.5. The topological polar surface area (TPSA) is 83.4 Å². The molecule has 3 rings (SSSR count). The number of carbonyl (C=O) groups is 2. The predicted molar refractivity (Wildman–Crippen MR) is 122 cm³/mol. The van der Waals surface area contributed by atoms with E-state index in [0.717, 1.165) is 17.7 Å². The number of halogens is 7. The Morgan fingerprint density at radius 1 is 0.919 bits per heavy atom. The Labute approximate surface area is 205 Å². The molecule has 1 aromatic heterocycles. The first kappa shape index (κ1) is 27.6. The van der Waals surface area contributed by atoms with E-state index in [1.807, 2.05) is 13.0 Å². The summed E-state index contributed by atoms with van der Waals surface area (Å²) in [5, 5.41) is 5.88. The number of fused-ring (bicyclic) bond motifs is 1. The number of hydrazone groups is 1. The van der Waals surface area contributed by atoms with Crippen molar-refractivity contribution in [2.45, 2.75) is 38.8 Å². The van der Waals surface area contributed by atoms with Gasteiger partial charge in [0.1, 0.15) is 0 Å². The highest BCUT2D eigenvalue weighted by molar-refractivity contribution is 6.07. The normalized spacial score (nSPS) is 13.0. The van der Waals surface area contributed by atoms with Gasteiger partial charge < -0.3 is 5.32 Å². The minimum atomic E-state index is -6.64. The van der Waals surface area contributed by atoms with Crippen molar-refractivity contribution in [2.75, 3.05) is 5.32 Å². The highest BCUT2D eigenvalue weighted by Crippen LogP contribution is 2.46. The Morgan fingerprint density at radius 3 is 2.24 bits per heavy atom. The van der Waals surface area contributed by atoms with Crippen molar-refractivity contribution in [1.29, 1.82) is 0 Å². The van der Waals surface area contributed by atoms with Crippen molar-refractivity contribution in [1.82, 2.24) is 10.4 Å². The second kappa shape index (κ2) is 9.79. The average Bonchev–Trinajstić information content (AvgIpc) is 2.81.